The Labute approximate surface area is 222 Å². The second kappa shape index (κ2) is 13.0. The summed E-state index contributed by atoms with van der Waals surface area (Å²) in [5.41, 5.74) is 2.45. The van der Waals surface area contributed by atoms with E-state index in [4.69, 9.17) is 34.8 Å². The van der Waals surface area contributed by atoms with Crippen molar-refractivity contribution in [3.8, 4) is 0 Å². The summed E-state index contributed by atoms with van der Waals surface area (Å²) in [5, 5.41) is 4.54. The first kappa shape index (κ1) is 27.1. The third-order valence-corrected chi connectivity index (χ3v) is 6.69. The maximum absolute atomic E-state index is 13.8. The van der Waals surface area contributed by atoms with Crippen molar-refractivity contribution in [1.29, 1.82) is 0 Å². The summed E-state index contributed by atoms with van der Waals surface area (Å²) in [5.74, 6) is -0.407. The zero-order chi connectivity index (χ0) is 25.4. The molecule has 3 aromatic rings. The monoisotopic (exact) mass is 530 g/mol. The van der Waals surface area contributed by atoms with E-state index < -0.39 is 6.04 Å². The minimum atomic E-state index is -0.719. The zero-order valence-electron chi connectivity index (χ0n) is 19.8. The molecule has 1 N–H and O–H groups in total. The van der Waals surface area contributed by atoms with Crippen LogP contribution >= 0.6 is 34.8 Å². The molecule has 0 unspecified atom stereocenters. The van der Waals surface area contributed by atoms with Gasteiger partial charge < -0.3 is 10.2 Å². The quantitative estimate of drug-likeness (QED) is 0.315. The number of halogens is 3. The van der Waals surface area contributed by atoms with Crippen molar-refractivity contribution in [3.05, 3.63) is 105 Å². The fourth-order valence-electron chi connectivity index (χ4n) is 3.76. The molecule has 0 spiro atoms. The van der Waals surface area contributed by atoms with Crippen molar-refractivity contribution in [2.45, 2.75) is 51.7 Å². The molecule has 0 aliphatic rings. The maximum atomic E-state index is 13.8. The van der Waals surface area contributed by atoms with Gasteiger partial charge in [-0.2, -0.15) is 0 Å². The lowest BCUT2D eigenvalue weighted by Gasteiger charge is -2.32. The summed E-state index contributed by atoms with van der Waals surface area (Å²) in [7, 11) is 0. The summed E-state index contributed by atoms with van der Waals surface area (Å²) in [6.07, 6.45) is 1.20. The number of nitrogens with zero attached hydrogens (tertiary/aromatic N) is 1. The summed E-state index contributed by atoms with van der Waals surface area (Å²) < 4.78 is 0. The van der Waals surface area contributed by atoms with Gasteiger partial charge in [-0.25, -0.2) is 0 Å². The van der Waals surface area contributed by atoms with Crippen molar-refractivity contribution in [1.82, 2.24) is 10.2 Å². The van der Waals surface area contributed by atoms with Crippen LogP contribution in [-0.2, 0) is 29.0 Å². The average molecular weight is 532 g/mol. The number of carbonyl (C=O) groups excluding carboxylic acids is 2. The molecule has 0 aliphatic heterocycles. The van der Waals surface area contributed by atoms with Gasteiger partial charge in [-0.05, 0) is 54.3 Å². The molecule has 2 atom stereocenters. The van der Waals surface area contributed by atoms with Crippen molar-refractivity contribution in [3.63, 3.8) is 0 Å². The van der Waals surface area contributed by atoms with E-state index in [1.54, 1.807) is 29.2 Å². The fourth-order valence-corrected chi connectivity index (χ4v) is 4.44. The van der Waals surface area contributed by atoms with Gasteiger partial charge in [0.1, 0.15) is 6.04 Å². The van der Waals surface area contributed by atoms with Crippen molar-refractivity contribution < 1.29 is 9.59 Å². The van der Waals surface area contributed by atoms with Gasteiger partial charge in [0.15, 0.2) is 0 Å². The Kier molecular flexibility index (Phi) is 10.0. The third kappa shape index (κ3) is 7.99. The van der Waals surface area contributed by atoms with Crippen LogP contribution in [0.15, 0.2) is 72.8 Å². The Morgan fingerprint density at radius 2 is 1.57 bits per heavy atom. The molecule has 0 bridgehead atoms. The Hall–Kier alpha value is -2.53. The Balaban J connectivity index is 1.99. The predicted molar refractivity (Wildman–Crippen MR) is 144 cm³/mol. The van der Waals surface area contributed by atoms with E-state index in [-0.39, 0.29) is 30.8 Å². The molecule has 0 saturated heterocycles. The van der Waals surface area contributed by atoms with E-state index in [0.29, 0.717) is 27.1 Å². The molecule has 0 heterocycles. The maximum Gasteiger partial charge on any atom is 0.243 e. The minimum Gasteiger partial charge on any atom is -0.352 e. The molecule has 35 heavy (non-hydrogen) atoms. The topological polar surface area (TPSA) is 49.4 Å². The lowest BCUT2D eigenvalue weighted by molar-refractivity contribution is -0.141. The largest absolute Gasteiger partial charge is 0.352 e. The van der Waals surface area contributed by atoms with Gasteiger partial charge in [-0.3, -0.25) is 9.59 Å². The van der Waals surface area contributed by atoms with Crippen molar-refractivity contribution in [2.24, 2.45) is 0 Å². The van der Waals surface area contributed by atoms with Crippen LogP contribution in [0, 0.1) is 0 Å². The van der Waals surface area contributed by atoms with Gasteiger partial charge in [0, 0.05) is 34.1 Å². The van der Waals surface area contributed by atoms with E-state index in [0.717, 1.165) is 17.5 Å². The number of rotatable bonds is 10. The molecule has 3 aromatic carbocycles. The SMILES string of the molecule is CC[C@@H](C)NC(=O)[C@H](Cc1ccccc1)N(Cc1cccc(Cl)c1)C(=O)Cc1ccc(Cl)cc1Cl. The predicted octanol–water partition coefficient (Wildman–Crippen LogP) is 6.74. The highest BCUT2D eigenvalue weighted by Crippen LogP contribution is 2.24. The van der Waals surface area contributed by atoms with Crippen LogP contribution in [-0.4, -0.2) is 28.8 Å². The van der Waals surface area contributed by atoms with Crippen molar-refractivity contribution >= 4 is 46.6 Å². The molecule has 0 radical (unpaired) electrons. The molecule has 0 saturated carbocycles. The molecule has 7 heteroatoms. The summed E-state index contributed by atoms with van der Waals surface area (Å²) in [6, 6.07) is 21.3. The third-order valence-electron chi connectivity index (χ3n) is 5.87. The highest BCUT2D eigenvalue weighted by molar-refractivity contribution is 6.35. The Morgan fingerprint density at radius 1 is 0.886 bits per heavy atom. The van der Waals surface area contributed by atoms with Crippen molar-refractivity contribution in [2.75, 3.05) is 0 Å². The van der Waals surface area contributed by atoms with Crippen LogP contribution in [0.2, 0.25) is 15.1 Å². The fraction of sp³-hybridized carbons (Fsp3) is 0.286. The molecule has 0 fully saturated rings. The van der Waals surface area contributed by atoms with Gasteiger partial charge in [0.05, 0.1) is 6.42 Å². The summed E-state index contributed by atoms with van der Waals surface area (Å²) >= 11 is 18.6. The summed E-state index contributed by atoms with van der Waals surface area (Å²) in [4.78, 5) is 28.9. The molecular formula is C28H29Cl3N2O2. The molecule has 184 valence electrons. The van der Waals surface area contributed by atoms with Crippen LogP contribution in [0.4, 0.5) is 0 Å². The van der Waals surface area contributed by atoms with Crippen LogP contribution in [0.3, 0.4) is 0 Å². The lowest BCUT2D eigenvalue weighted by Crippen LogP contribution is -2.52. The lowest BCUT2D eigenvalue weighted by atomic mass is 10.0. The van der Waals surface area contributed by atoms with Crippen LogP contribution < -0.4 is 5.32 Å². The number of amides is 2. The Bertz CT molecular complexity index is 1150. The van der Waals surface area contributed by atoms with Gasteiger partial charge in [-0.1, -0.05) is 90.3 Å². The van der Waals surface area contributed by atoms with Gasteiger partial charge in [-0.15, -0.1) is 0 Å². The summed E-state index contributed by atoms with van der Waals surface area (Å²) in [6.45, 7) is 4.19. The second-order valence-electron chi connectivity index (χ2n) is 8.59. The molecule has 4 nitrogen and oxygen atoms in total. The second-order valence-corrected chi connectivity index (χ2v) is 9.87. The number of nitrogens with one attached hydrogen (secondary N) is 1. The van der Waals surface area contributed by atoms with E-state index in [1.807, 2.05) is 62.4 Å². The standard InChI is InChI=1S/C28H29Cl3N2O2/c1-3-19(2)32-28(35)26(15-20-8-5-4-6-9-20)33(18-21-10-7-11-23(29)14-21)27(34)16-22-12-13-24(30)17-25(22)31/h4-14,17,19,26H,3,15-16,18H2,1-2H3,(H,32,35)/t19-,26+/m1/s1. The van der Waals surface area contributed by atoms with Crippen LogP contribution in [0.25, 0.3) is 0 Å². The number of hydrogen-bond donors (Lipinski definition) is 1. The number of hydrogen-bond acceptors (Lipinski definition) is 2. The first-order valence-electron chi connectivity index (χ1n) is 11.6. The van der Waals surface area contributed by atoms with Gasteiger partial charge in [0.25, 0.3) is 0 Å². The van der Waals surface area contributed by atoms with E-state index >= 15 is 0 Å². The Morgan fingerprint density at radius 3 is 2.23 bits per heavy atom. The molecule has 0 aromatic heterocycles. The van der Waals surface area contributed by atoms with Crippen LogP contribution in [0.5, 0.6) is 0 Å². The highest BCUT2D eigenvalue weighted by atomic mass is 35.5. The molecule has 3 rings (SSSR count). The van der Waals surface area contributed by atoms with Gasteiger partial charge in [0.2, 0.25) is 11.8 Å². The highest BCUT2D eigenvalue weighted by Gasteiger charge is 2.31. The number of benzene rings is 3. The number of carbonyl (C=O) groups is 2. The van der Waals surface area contributed by atoms with E-state index in [2.05, 4.69) is 5.32 Å². The average Bonchev–Trinajstić information content (AvgIpc) is 2.83. The van der Waals surface area contributed by atoms with E-state index in [9.17, 15) is 9.59 Å². The molecular weight excluding hydrogens is 503 g/mol. The first-order chi connectivity index (χ1) is 16.8. The van der Waals surface area contributed by atoms with Gasteiger partial charge >= 0.3 is 0 Å². The first-order valence-corrected chi connectivity index (χ1v) is 12.7. The zero-order valence-corrected chi connectivity index (χ0v) is 22.1. The minimum absolute atomic E-state index is 0.0189. The van der Waals surface area contributed by atoms with Crippen LogP contribution in [0.1, 0.15) is 37.0 Å². The van der Waals surface area contributed by atoms with E-state index in [1.165, 1.54) is 0 Å². The molecule has 2 amide bonds. The smallest absolute Gasteiger partial charge is 0.243 e. The molecule has 0 aliphatic carbocycles. The normalized spacial score (nSPS) is 12.6.